The third-order valence-electron chi connectivity index (χ3n) is 11.8. The topological polar surface area (TPSA) is 129 Å². The van der Waals surface area contributed by atoms with Crippen LogP contribution in [0.1, 0.15) is 91.9 Å². The van der Waals surface area contributed by atoms with Gasteiger partial charge in [-0.15, -0.1) is 6.42 Å². The molecule has 0 aromatic rings. The Morgan fingerprint density at radius 2 is 1.88 bits per heavy atom. The molecule has 5 rings (SSSR count). The maximum atomic E-state index is 13.1. The van der Waals surface area contributed by atoms with E-state index in [9.17, 15) is 24.6 Å². The number of carboxylic acid groups (broad SMARTS) is 1. The molecule has 3 saturated carbocycles. The molecule has 0 bridgehead atoms. The molecular formula is C33H47N3O6. The van der Waals surface area contributed by atoms with Crippen LogP contribution in [0, 0.1) is 46.8 Å². The summed E-state index contributed by atoms with van der Waals surface area (Å²) >= 11 is 0. The molecule has 5 aliphatic rings. The van der Waals surface area contributed by atoms with Crippen molar-refractivity contribution in [2.75, 3.05) is 13.2 Å². The summed E-state index contributed by atoms with van der Waals surface area (Å²) in [7, 11) is 0. The fraction of sp³-hybridized carbons (Fsp3) is 0.758. The number of carbonyl (C=O) groups is 3. The number of carboxylic acids is 1. The van der Waals surface area contributed by atoms with E-state index < -0.39 is 29.6 Å². The molecule has 2 amide bonds. The van der Waals surface area contributed by atoms with Crippen molar-refractivity contribution in [2.24, 2.45) is 39.7 Å². The molecule has 8 atom stereocenters. The number of hydrogen-bond acceptors (Lipinski definition) is 6. The summed E-state index contributed by atoms with van der Waals surface area (Å²) in [4.78, 5) is 44.2. The molecule has 9 heteroatoms. The lowest BCUT2D eigenvalue weighted by atomic mass is 9.46. The first kappa shape index (κ1) is 30.6. The van der Waals surface area contributed by atoms with Crippen LogP contribution in [-0.4, -0.2) is 69.4 Å². The Labute approximate surface area is 249 Å². The molecule has 9 nitrogen and oxygen atoms in total. The first-order valence-electron chi connectivity index (χ1n) is 15.8. The number of fused-ring (bicyclic) bond motifs is 5. The maximum absolute atomic E-state index is 13.1. The van der Waals surface area contributed by atoms with Crippen LogP contribution in [0.15, 0.2) is 16.8 Å². The van der Waals surface area contributed by atoms with Crippen LogP contribution >= 0.6 is 0 Å². The third-order valence-corrected chi connectivity index (χ3v) is 11.8. The second kappa shape index (κ2) is 11.3. The Kier molecular flexibility index (Phi) is 8.25. The predicted molar refractivity (Wildman–Crippen MR) is 158 cm³/mol. The zero-order valence-corrected chi connectivity index (χ0v) is 25.5. The minimum absolute atomic E-state index is 0.0890. The maximum Gasteiger partial charge on any atom is 0.326 e. The monoisotopic (exact) mass is 581 g/mol. The minimum atomic E-state index is -1.02. The molecule has 0 aromatic heterocycles. The highest BCUT2D eigenvalue weighted by molar-refractivity contribution is 5.96. The number of likely N-dealkylation sites (tertiary alicyclic amines) is 1. The van der Waals surface area contributed by atoms with Crippen LogP contribution in [0.25, 0.3) is 0 Å². The van der Waals surface area contributed by atoms with E-state index in [-0.39, 0.29) is 29.3 Å². The van der Waals surface area contributed by atoms with Crippen molar-refractivity contribution in [1.29, 1.82) is 0 Å². The van der Waals surface area contributed by atoms with Crippen LogP contribution in [0.4, 0.5) is 0 Å². The van der Waals surface area contributed by atoms with E-state index in [4.69, 9.17) is 11.3 Å². The summed E-state index contributed by atoms with van der Waals surface area (Å²) in [5.74, 6) is 2.29. The number of aliphatic hydroxyl groups is 1. The predicted octanol–water partition coefficient (Wildman–Crippen LogP) is 3.90. The fourth-order valence-corrected chi connectivity index (χ4v) is 9.26. The summed E-state index contributed by atoms with van der Waals surface area (Å²) in [5, 5.41) is 27.7. The van der Waals surface area contributed by atoms with Crippen LogP contribution in [-0.2, 0) is 19.2 Å². The van der Waals surface area contributed by atoms with Gasteiger partial charge in [0.25, 0.3) is 5.91 Å². The lowest BCUT2D eigenvalue weighted by Crippen LogP contribution is -2.54. The third kappa shape index (κ3) is 5.04. The number of nitrogens with zero attached hydrogens (tertiary/aromatic N) is 2. The molecule has 0 unspecified atom stereocenters. The molecule has 42 heavy (non-hydrogen) atoms. The molecule has 0 radical (unpaired) electrons. The smallest absolute Gasteiger partial charge is 0.326 e. The number of allylic oxidation sites excluding steroid dienone is 2. The largest absolute Gasteiger partial charge is 0.480 e. The molecule has 1 heterocycles. The van der Waals surface area contributed by atoms with Gasteiger partial charge in [-0.05, 0) is 99.4 Å². The Balaban J connectivity index is 1.19. The molecule has 1 aliphatic heterocycles. The zero-order chi connectivity index (χ0) is 30.4. The molecule has 4 fully saturated rings. The number of terminal acetylenes is 1. The zero-order valence-electron chi connectivity index (χ0n) is 25.5. The van der Waals surface area contributed by atoms with Gasteiger partial charge in [0.2, 0.25) is 5.91 Å². The van der Waals surface area contributed by atoms with Gasteiger partial charge in [0.1, 0.15) is 17.7 Å². The van der Waals surface area contributed by atoms with E-state index in [1.165, 1.54) is 10.5 Å². The summed E-state index contributed by atoms with van der Waals surface area (Å²) in [6, 6.07) is -1.67. The molecule has 1 saturated heterocycles. The second-order valence-electron chi connectivity index (χ2n) is 14.2. The number of rotatable bonds is 7. The van der Waals surface area contributed by atoms with Crippen molar-refractivity contribution >= 4 is 23.5 Å². The lowest BCUT2D eigenvalue weighted by Gasteiger charge is -2.58. The van der Waals surface area contributed by atoms with Crippen LogP contribution < -0.4 is 5.32 Å². The molecule has 0 aromatic carbocycles. The van der Waals surface area contributed by atoms with Gasteiger partial charge in [-0.25, -0.2) is 4.79 Å². The van der Waals surface area contributed by atoms with Crippen LogP contribution in [0.2, 0.25) is 0 Å². The quantitative estimate of drug-likeness (QED) is 0.309. The fourth-order valence-electron chi connectivity index (χ4n) is 9.26. The van der Waals surface area contributed by atoms with Gasteiger partial charge in [0, 0.05) is 12.0 Å². The molecule has 4 aliphatic carbocycles. The molecule has 230 valence electrons. The van der Waals surface area contributed by atoms with Crippen LogP contribution in [0.5, 0.6) is 0 Å². The Morgan fingerprint density at radius 1 is 1.14 bits per heavy atom. The van der Waals surface area contributed by atoms with Crippen LogP contribution in [0.3, 0.4) is 0 Å². The van der Waals surface area contributed by atoms with E-state index in [1.807, 2.05) is 13.8 Å². The summed E-state index contributed by atoms with van der Waals surface area (Å²) in [6.07, 6.45) is 16.6. The summed E-state index contributed by atoms with van der Waals surface area (Å²) in [6.45, 7) is 8.32. The minimum Gasteiger partial charge on any atom is -0.480 e. The Hall–Kier alpha value is -2.86. The lowest BCUT2D eigenvalue weighted by molar-refractivity contribution is -0.150. The van der Waals surface area contributed by atoms with E-state index in [0.717, 1.165) is 50.7 Å². The van der Waals surface area contributed by atoms with Crippen molar-refractivity contribution in [3.05, 3.63) is 11.6 Å². The number of hydrogen-bond donors (Lipinski definition) is 3. The van der Waals surface area contributed by atoms with Gasteiger partial charge in [-0.3, -0.25) is 9.59 Å². The van der Waals surface area contributed by atoms with Gasteiger partial charge in [0.15, 0.2) is 6.61 Å². The number of aliphatic carboxylic acids is 1. The van der Waals surface area contributed by atoms with Gasteiger partial charge >= 0.3 is 5.97 Å². The molecular weight excluding hydrogens is 534 g/mol. The van der Waals surface area contributed by atoms with Gasteiger partial charge in [0.05, 0.1) is 5.71 Å². The van der Waals surface area contributed by atoms with Crippen molar-refractivity contribution in [3.63, 3.8) is 0 Å². The van der Waals surface area contributed by atoms with E-state index >= 15 is 0 Å². The second-order valence-corrected chi connectivity index (χ2v) is 14.2. The number of nitrogens with one attached hydrogen (secondary N) is 1. The van der Waals surface area contributed by atoms with Gasteiger partial charge < -0.3 is 25.3 Å². The standard InChI is InChI=1S/C33H47N3O6/c1-6-33(41)16-13-25-23-10-9-21-18-22(11-14-31(21,4)24(23)12-15-32(25,33)5)35-42-19-27(37)34-28(20(2)3)29(38)36-17-7-8-26(36)30(39)40/h1,18,20,23-26,28,41H,7-17,19H2,2-5H3,(H,34,37)(H,39,40)/b35-22+/t23-,24-,25-,26-,28+,31+,32+,33-/m1/s1. The summed E-state index contributed by atoms with van der Waals surface area (Å²) < 4.78 is 0. The van der Waals surface area contributed by atoms with Crippen molar-refractivity contribution in [1.82, 2.24) is 10.2 Å². The summed E-state index contributed by atoms with van der Waals surface area (Å²) in [5.41, 5.74) is 1.12. The van der Waals surface area contributed by atoms with E-state index in [2.05, 4.69) is 36.3 Å². The van der Waals surface area contributed by atoms with Gasteiger partial charge in [-0.2, -0.15) is 0 Å². The first-order chi connectivity index (χ1) is 19.8. The average molecular weight is 582 g/mol. The number of amides is 2. The van der Waals surface area contributed by atoms with Gasteiger partial charge in [-0.1, -0.05) is 44.3 Å². The Bertz CT molecular complexity index is 1220. The van der Waals surface area contributed by atoms with E-state index in [0.29, 0.717) is 43.6 Å². The number of oxime groups is 1. The van der Waals surface area contributed by atoms with Crippen molar-refractivity contribution < 1.29 is 29.4 Å². The highest BCUT2D eigenvalue weighted by atomic mass is 16.6. The first-order valence-corrected chi connectivity index (χ1v) is 15.8. The average Bonchev–Trinajstić information content (AvgIpc) is 3.55. The highest BCUT2D eigenvalue weighted by Gasteiger charge is 2.63. The molecule has 0 spiro atoms. The van der Waals surface area contributed by atoms with Crippen molar-refractivity contribution in [3.8, 4) is 12.3 Å². The normalized spacial score (nSPS) is 39.0. The number of carbonyl (C=O) groups excluding carboxylic acids is 2. The molecule has 3 N–H and O–H groups in total. The SMILES string of the molecule is C#C[C@@]1(O)CC[C@@H]2[C@@H]3CCC4=C/C(=N/OCC(=O)N[C@H](C(=O)N5CCC[C@@H]5C(=O)O)C(C)C)CC[C@]4(C)[C@@H]3CC[C@@]21C. The highest BCUT2D eigenvalue weighted by Crippen LogP contribution is 2.67. The van der Waals surface area contributed by atoms with E-state index in [1.54, 1.807) is 0 Å². The Morgan fingerprint density at radius 3 is 2.57 bits per heavy atom. The van der Waals surface area contributed by atoms with Crippen molar-refractivity contribution in [2.45, 2.75) is 110 Å².